The first-order valence-electron chi connectivity index (χ1n) is 7.38. The van der Waals surface area contributed by atoms with Gasteiger partial charge in [-0.1, -0.05) is 26.0 Å². The van der Waals surface area contributed by atoms with Gasteiger partial charge < -0.3 is 27.2 Å². The van der Waals surface area contributed by atoms with E-state index in [0.29, 0.717) is 31.6 Å². The maximum Gasteiger partial charge on any atom is 0.337 e. The van der Waals surface area contributed by atoms with Gasteiger partial charge in [-0.3, -0.25) is 0 Å². The number of nitrogens with one attached hydrogen (secondary N) is 2. The van der Waals surface area contributed by atoms with Gasteiger partial charge in [0.05, 0.1) is 11.3 Å². The molecular weight excluding hydrogens is 298 g/mol. The van der Waals surface area contributed by atoms with Crippen LogP contribution in [0.25, 0.3) is 0 Å². The van der Waals surface area contributed by atoms with E-state index < -0.39 is 5.97 Å². The Kier molecular flexibility index (Phi) is 7.48. The lowest BCUT2D eigenvalue weighted by molar-refractivity contribution is -0.132. The second kappa shape index (κ2) is 9.36. The van der Waals surface area contributed by atoms with Crippen molar-refractivity contribution in [2.75, 3.05) is 29.5 Å². The van der Waals surface area contributed by atoms with Crippen molar-refractivity contribution in [3.05, 3.63) is 23.4 Å². The molecule has 0 aromatic carbocycles. The molecule has 0 spiro atoms. The van der Waals surface area contributed by atoms with Gasteiger partial charge in [-0.15, -0.1) is 0 Å². The van der Waals surface area contributed by atoms with Gasteiger partial charge in [-0.05, 0) is 12.8 Å². The van der Waals surface area contributed by atoms with E-state index >= 15 is 0 Å². The number of hydrogen-bond acceptors (Lipinski definition) is 8. The van der Waals surface area contributed by atoms with Gasteiger partial charge >= 0.3 is 5.97 Å². The number of anilines is 3. The summed E-state index contributed by atoms with van der Waals surface area (Å²) in [6.45, 7) is 4.67. The summed E-state index contributed by atoms with van der Waals surface area (Å²) in [5, 5.41) is 15.2. The molecule has 0 aliphatic rings. The summed E-state index contributed by atoms with van der Waals surface area (Å²) >= 11 is 0. The molecule has 0 amide bonds. The molecule has 0 saturated carbocycles. The van der Waals surface area contributed by atoms with Crippen molar-refractivity contribution in [1.29, 1.82) is 0 Å². The number of nitrogens with two attached hydrogens (primary N) is 2. The highest BCUT2D eigenvalue weighted by Gasteiger charge is 2.14. The molecule has 0 atom stereocenters. The Morgan fingerprint density at radius 1 is 1.17 bits per heavy atom. The summed E-state index contributed by atoms with van der Waals surface area (Å²) in [5.74, 6) is -0.561. The molecule has 1 heterocycles. The summed E-state index contributed by atoms with van der Waals surface area (Å²) in [7, 11) is 0. The molecule has 0 bridgehead atoms. The summed E-state index contributed by atoms with van der Waals surface area (Å²) in [5.41, 5.74) is 11.6. The van der Waals surface area contributed by atoms with Crippen LogP contribution in [-0.4, -0.2) is 39.1 Å². The van der Waals surface area contributed by atoms with E-state index in [4.69, 9.17) is 11.5 Å². The quantitative estimate of drug-likeness (QED) is 0.330. The van der Waals surface area contributed by atoms with Gasteiger partial charge in [0, 0.05) is 13.1 Å². The normalized spacial score (nSPS) is 12.1. The maximum absolute atomic E-state index is 11.4. The van der Waals surface area contributed by atoms with E-state index in [9.17, 15) is 9.90 Å². The van der Waals surface area contributed by atoms with Crippen molar-refractivity contribution in [2.24, 2.45) is 5.73 Å². The third-order valence-corrected chi connectivity index (χ3v) is 2.66. The Hall–Kier alpha value is -2.68. The summed E-state index contributed by atoms with van der Waals surface area (Å²) in [6.07, 6.45) is 4.61. The number of aliphatic carboxylic acids is 1. The SMILES string of the molecule is CC/C=C(Nc1nc(N)nc(NCCN)n1)\C(=C/CC)C(=O)O. The first-order valence-corrected chi connectivity index (χ1v) is 7.38. The molecule has 0 aliphatic heterocycles. The van der Waals surface area contributed by atoms with Crippen LogP contribution in [0, 0.1) is 0 Å². The van der Waals surface area contributed by atoms with E-state index in [1.165, 1.54) is 0 Å². The van der Waals surface area contributed by atoms with E-state index in [2.05, 4.69) is 25.6 Å². The molecule has 126 valence electrons. The zero-order valence-corrected chi connectivity index (χ0v) is 13.3. The van der Waals surface area contributed by atoms with Gasteiger partial charge in [0.1, 0.15) is 0 Å². The van der Waals surface area contributed by atoms with Crippen LogP contribution in [-0.2, 0) is 4.79 Å². The predicted molar refractivity (Wildman–Crippen MR) is 89.8 cm³/mol. The molecule has 9 heteroatoms. The molecule has 0 saturated heterocycles. The fraction of sp³-hybridized carbons (Fsp3) is 0.429. The smallest absolute Gasteiger partial charge is 0.337 e. The van der Waals surface area contributed by atoms with E-state index in [-0.39, 0.29) is 23.4 Å². The van der Waals surface area contributed by atoms with Gasteiger partial charge in [0.15, 0.2) is 0 Å². The lowest BCUT2D eigenvalue weighted by atomic mass is 10.1. The number of nitrogen functional groups attached to an aromatic ring is 1. The highest BCUT2D eigenvalue weighted by molar-refractivity contribution is 5.92. The van der Waals surface area contributed by atoms with E-state index in [1.807, 2.05) is 13.8 Å². The number of carboxylic acid groups (broad SMARTS) is 1. The zero-order valence-electron chi connectivity index (χ0n) is 13.3. The molecule has 0 aliphatic carbocycles. The van der Waals surface area contributed by atoms with Crippen molar-refractivity contribution >= 4 is 23.8 Å². The molecule has 9 nitrogen and oxygen atoms in total. The van der Waals surface area contributed by atoms with Crippen LogP contribution in [0.1, 0.15) is 26.7 Å². The molecule has 0 fully saturated rings. The van der Waals surface area contributed by atoms with Crippen LogP contribution >= 0.6 is 0 Å². The standard InChI is InChI=1S/C14H23N7O2/c1-3-5-9(11(22)23)10(6-4-2)18-14-20-12(16)19-13(21-14)17-8-7-15/h5-6H,3-4,7-8,15H2,1-2H3,(H,22,23)(H4,16,17,18,19,20,21)/b9-5+,10-6+. The van der Waals surface area contributed by atoms with Crippen LogP contribution in [0.2, 0.25) is 0 Å². The number of carbonyl (C=O) groups is 1. The van der Waals surface area contributed by atoms with E-state index in [0.717, 1.165) is 0 Å². The van der Waals surface area contributed by atoms with Gasteiger partial charge in [-0.25, -0.2) is 4.79 Å². The van der Waals surface area contributed by atoms with Crippen LogP contribution < -0.4 is 22.1 Å². The highest BCUT2D eigenvalue weighted by atomic mass is 16.4. The Bertz CT molecular complexity index is 599. The molecule has 1 rings (SSSR count). The number of hydrogen-bond donors (Lipinski definition) is 5. The Morgan fingerprint density at radius 2 is 1.83 bits per heavy atom. The summed E-state index contributed by atoms with van der Waals surface area (Å²) in [4.78, 5) is 23.5. The second-order valence-electron chi connectivity index (χ2n) is 4.54. The highest BCUT2D eigenvalue weighted by Crippen LogP contribution is 2.16. The topological polar surface area (TPSA) is 152 Å². The Balaban J connectivity index is 3.09. The second-order valence-corrected chi connectivity index (χ2v) is 4.54. The van der Waals surface area contributed by atoms with Crippen LogP contribution in [0.3, 0.4) is 0 Å². The zero-order chi connectivity index (χ0) is 17.2. The molecule has 0 unspecified atom stereocenters. The average molecular weight is 321 g/mol. The van der Waals surface area contributed by atoms with Crippen LogP contribution in [0.5, 0.6) is 0 Å². The summed E-state index contributed by atoms with van der Waals surface area (Å²) < 4.78 is 0. The number of aromatic nitrogens is 3. The largest absolute Gasteiger partial charge is 0.478 e. The third-order valence-electron chi connectivity index (χ3n) is 2.66. The Labute approximate surface area is 134 Å². The van der Waals surface area contributed by atoms with Crippen molar-refractivity contribution < 1.29 is 9.90 Å². The third kappa shape index (κ3) is 5.91. The molecule has 23 heavy (non-hydrogen) atoms. The van der Waals surface area contributed by atoms with Gasteiger partial charge in [-0.2, -0.15) is 15.0 Å². The number of carboxylic acids is 1. The maximum atomic E-state index is 11.4. The predicted octanol–water partition coefficient (Wildman–Crippen LogP) is 0.951. The number of allylic oxidation sites excluding steroid dienone is 2. The number of rotatable bonds is 9. The first kappa shape index (κ1) is 18.4. The number of nitrogens with zero attached hydrogens (tertiary/aromatic N) is 3. The monoisotopic (exact) mass is 321 g/mol. The fourth-order valence-corrected chi connectivity index (χ4v) is 1.78. The van der Waals surface area contributed by atoms with Crippen molar-refractivity contribution in [2.45, 2.75) is 26.7 Å². The lowest BCUT2D eigenvalue weighted by Crippen LogP contribution is -2.17. The minimum absolute atomic E-state index is 0.0224. The molecule has 1 aromatic rings. The Morgan fingerprint density at radius 3 is 2.39 bits per heavy atom. The molecule has 7 N–H and O–H groups in total. The first-order chi connectivity index (χ1) is 11.0. The molecule has 1 aromatic heterocycles. The average Bonchev–Trinajstić information content (AvgIpc) is 2.49. The van der Waals surface area contributed by atoms with Crippen LogP contribution in [0.15, 0.2) is 23.4 Å². The van der Waals surface area contributed by atoms with Crippen molar-refractivity contribution in [1.82, 2.24) is 15.0 Å². The summed E-state index contributed by atoms with van der Waals surface area (Å²) in [6, 6.07) is 0. The molecule has 0 radical (unpaired) electrons. The van der Waals surface area contributed by atoms with Gasteiger partial charge in [0.25, 0.3) is 0 Å². The molecular formula is C14H23N7O2. The van der Waals surface area contributed by atoms with Crippen molar-refractivity contribution in [3.63, 3.8) is 0 Å². The fourth-order valence-electron chi connectivity index (χ4n) is 1.78. The minimum Gasteiger partial charge on any atom is -0.478 e. The van der Waals surface area contributed by atoms with Crippen molar-refractivity contribution in [3.8, 4) is 0 Å². The van der Waals surface area contributed by atoms with Gasteiger partial charge in [0.2, 0.25) is 17.8 Å². The minimum atomic E-state index is -1.03. The lowest BCUT2D eigenvalue weighted by Gasteiger charge is -2.12. The van der Waals surface area contributed by atoms with Crippen LogP contribution in [0.4, 0.5) is 17.8 Å². The van der Waals surface area contributed by atoms with E-state index in [1.54, 1.807) is 12.2 Å².